The number of nitrogens with zero attached hydrogens (tertiary/aromatic N) is 2. The summed E-state index contributed by atoms with van der Waals surface area (Å²) < 4.78 is 0. The minimum absolute atomic E-state index is 0.0393. The quantitative estimate of drug-likeness (QED) is 0.618. The Hall–Kier alpha value is -1.63. The smallest absolute Gasteiger partial charge is 0.325 e. The van der Waals surface area contributed by atoms with E-state index in [1.54, 1.807) is 11.8 Å². The number of hydrogen-bond acceptors (Lipinski definition) is 4. The molecule has 0 bridgehead atoms. The third-order valence-electron chi connectivity index (χ3n) is 3.49. The van der Waals surface area contributed by atoms with Gasteiger partial charge in [0.2, 0.25) is 5.91 Å². The molecule has 2 unspecified atom stereocenters. The van der Waals surface area contributed by atoms with E-state index in [9.17, 15) is 19.5 Å². The van der Waals surface area contributed by atoms with Crippen LogP contribution >= 0.6 is 0 Å². The van der Waals surface area contributed by atoms with Gasteiger partial charge in [-0.2, -0.15) is 0 Å². The summed E-state index contributed by atoms with van der Waals surface area (Å²) in [7, 11) is 0. The maximum Gasteiger partial charge on any atom is 0.325 e. The minimum Gasteiger partial charge on any atom is -0.393 e. The molecule has 100 valence electrons. The van der Waals surface area contributed by atoms with Crippen molar-refractivity contribution in [1.82, 2.24) is 15.1 Å². The molecule has 2 heterocycles. The Labute approximate surface area is 105 Å². The van der Waals surface area contributed by atoms with Gasteiger partial charge in [0.1, 0.15) is 6.54 Å². The number of amides is 4. The summed E-state index contributed by atoms with van der Waals surface area (Å²) in [6, 6.07) is -0.514. The first kappa shape index (κ1) is 12.8. The predicted molar refractivity (Wildman–Crippen MR) is 61.5 cm³/mol. The van der Waals surface area contributed by atoms with Gasteiger partial charge in [-0.3, -0.25) is 14.5 Å². The first-order valence-corrected chi connectivity index (χ1v) is 6.03. The molecule has 0 spiro atoms. The highest BCUT2D eigenvalue weighted by atomic mass is 16.3. The van der Waals surface area contributed by atoms with Crippen molar-refractivity contribution in [3.63, 3.8) is 0 Å². The van der Waals surface area contributed by atoms with Gasteiger partial charge in [-0.15, -0.1) is 0 Å². The van der Waals surface area contributed by atoms with Crippen molar-refractivity contribution in [3.05, 3.63) is 0 Å². The number of imide groups is 1. The summed E-state index contributed by atoms with van der Waals surface area (Å²) in [4.78, 5) is 37.1. The van der Waals surface area contributed by atoms with Crippen LogP contribution in [0.3, 0.4) is 0 Å². The van der Waals surface area contributed by atoms with E-state index in [2.05, 4.69) is 5.32 Å². The molecule has 0 saturated carbocycles. The fraction of sp³-hybridized carbons (Fsp3) is 0.727. The van der Waals surface area contributed by atoms with E-state index in [4.69, 9.17) is 0 Å². The lowest BCUT2D eigenvalue weighted by Crippen LogP contribution is -2.42. The van der Waals surface area contributed by atoms with Crippen molar-refractivity contribution in [2.45, 2.75) is 19.4 Å². The van der Waals surface area contributed by atoms with Crippen LogP contribution in [0.5, 0.6) is 0 Å². The highest BCUT2D eigenvalue weighted by Crippen LogP contribution is 2.19. The Morgan fingerprint density at radius 1 is 1.56 bits per heavy atom. The Morgan fingerprint density at radius 3 is 2.78 bits per heavy atom. The van der Waals surface area contributed by atoms with Crippen molar-refractivity contribution >= 4 is 17.8 Å². The van der Waals surface area contributed by atoms with Crippen molar-refractivity contribution < 1.29 is 19.5 Å². The first-order valence-electron chi connectivity index (χ1n) is 6.03. The van der Waals surface area contributed by atoms with E-state index >= 15 is 0 Å². The third kappa shape index (κ3) is 2.45. The van der Waals surface area contributed by atoms with Gasteiger partial charge in [-0.05, 0) is 13.3 Å². The van der Waals surface area contributed by atoms with Gasteiger partial charge in [0, 0.05) is 19.0 Å². The third-order valence-corrected chi connectivity index (χ3v) is 3.49. The van der Waals surface area contributed by atoms with E-state index in [0.29, 0.717) is 13.1 Å². The fourth-order valence-corrected chi connectivity index (χ4v) is 2.26. The number of aliphatic hydroxyl groups excluding tert-OH is 1. The zero-order valence-electron chi connectivity index (χ0n) is 10.3. The van der Waals surface area contributed by atoms with Gasteiger partial charge < -0.3 is 15.3 Å². The molecule has 0 aromatic carbocycles. The highest BCUT2D eigenvalue weighted by Gasteiger charge is 2.34. The molecule has 0 aliphatic carbocycles. The van der Waals surface area contributed by atoms with Gasteiger partial charge in [0.15, 0.2) is 0 Å². The molecule has 2 N–H and O–H groups in total. The van der Waals surface area contributed by atoms with Gasteiger partial charge >= 0.3 is 6.03 Å². The van der Waals surface area contributed by atoms with Crippen molar-refractivity contribution in [3.8, 4) is 0 Å². The van der Waals surface area contributed by atoms with Crippen LogP contribution in [0.25, 0.3) is 0 Å². The lowest BCUT2D eigenvalue weighted by molar-refractivity contribution is -0.135. The van der Waals surface area contributed by atoms with Crippen LogP contribution in [0.1, 0.15) is 13.3 Å². The summed E-state index contributed by atoms with van der Waals surface area (Å²) in [5.41, 5.74) is 0. The number of urea groups is 1. The van der Waals surface area contributed by atoms with Crippen LogP contribution < -0.4 is 5.32 Å². The average Bonchev–Trinajstić information content (AvgIpc) is 2.91. The fourth-order valence-electron chi connectivity index (χ4n) is 2.26. The first-order chi connectivity index (χ1) is 8.49. The molecule has 2 rings (SSSR count). The summed E-state index contributed by atoms with van der Waals surface area (Å²) in [6.07, 6.45) is 0.309. The molecule has 2 fully saturated rings. The second-order valence-electron chi connectivity index (χ2n) is 4.77. The minimum atomic E-state index is -0.514. The van der Waals surface area contributed by atoms with E-state index in [-0.39, 0.29) is 30.8 Å². The Bertz CT molecular complexity index is 366. The van der Waals surface area contributed by atoms with Gasteiger partial charge in [0.25, 0.3) is 5.91 Å². The number of nitrogens with one attached hydrogen (secondary N) is 1. The Balaban J connectivity index is 1.89. The van der Waals surface area contributed by atoms with Crippen molar-refractivity contribution in [1.29, 1.82) is 0 Å². The monoisotopic (exact) mass is 255 g/mol. The summed E-state index contributed by atoms with van der Waals surface area (Å²) in [5, 5.41) is 11.8. The van der Waals surface area contributed by atoms with E-state index in [1.807, 2.05) is 0 Å². The number of carbonyl (C=O) groups excluding carboxylic acids is 3. The van der Waals surface area contributed by atoms with Crippen LogP contribution in [-0.2, 0) is 9.59 Å². The molecular formula is C11H17N3O4. The molecule has 4 amide bonds. The molecule has 0 aromatic heterocycles. The number of likely N-dealkylation sites (tertiary alicyclic amines) is 1. The maximum absolute atomic E-state index is 11.9. The van der Waals surface area contributed by atoms with Crippen LogP contribution in [0.15, 0.2) is 0 Å². The van der Waals surface area contributed by atoms with Gasteiger partial charge in [-0.25, -0.2) is 4.79 Å². The summed E-state index contributed by atoms with van der Waals surface area (Å²) in [5.74, 6) is -0.541. The molecule has 2 aliphatic rings. The number of carbonyl (C=O) groups is 3. The number of aliphatic hydroxyl groups is 1. The average molecular weight is 255 g/mol. The van der Waals surface area contributed by atoms with E-state index in [0.717, 1.165) is 11.3 Å². The predicted octanol–water partition coefficient (Wildman–Crippen LogP) is -1.23. The molecular weight excluding hydrogens is 238 g/mol. The Kier molecular flexibility index (Phi) is 3.51. The van der Waals surface area contributed by atoms with Crippen LogP contribution in [0.4, 0.5) is 4.79 Å². The summed E-state index contributed by atoms with van der Waals surface area (Å²) in [6.45, 7) is 2.51. The molecule has 0 radical (unpaired) electrons. The summed E-state index contributed by atoms with van der Waals surface area (Å²) >= 11 is 0. The normalized spacial score (nSPS) is 25.6. The lowest BCUT2D eigenvalue weighted by atomic mass is 10.0. The van der Waals surface area contributed by atoms with E-state index < -0.39 is 12.1 Å². The molecule has 7 heteroatoms. The van der Waals surface area contributed by atoms with Gasteiger partial charge in [-0.1, -0.05) is 0 Å². The van der Waals surface area contributed by atoms with Crippen LogP contribution in [-0.4, -0.2) is 65.0 Å². The van der Waals surface area contributed by atoms with Crippen LogP contribution in [0, 0.1) is 5.92 Å². The van der Waals surface area contributed by atoms with Crippen molar-refractivity contribution in [2.24, 2.45) is 5.92 Å². The molecule has 2 aliphatic heterocycles. The molecule has 18 heavy (non-hydrogen) atoms. The number of rotatable bonds is 3. The zero-order valence-corrected chi connectivity index (χ0v) is 10.3. The maximum atomic E-state index is 11.9. The Morgan fingerprint density at radius 2 is 2.28 bits per heavy atom. The lowest BCUT2D eigenvalue weighted by Gasteiger charge is -2.20. The highest BCUT2D eigenvalue weighted by molar-refractivity contribution is 6.04. The SMILES string of the molecule is CC(O)C1CCN(C(=O)CN2C(=O)CNC2=O)C1. The zero-order chi connectivity index (χ0) is 13.3. The number of hydrogen-bond donors (Lipinski definition) is 2. The second kappa shape index (κ2) is 4.93. The molecule has 7 nitrogen and oxygen atoms in total. The topological polar surface area (TPSA) is 89.9 Å². The molecule has 2 atom stereocenters. The van der Waals surface area contributed by atoms with Gasteiger partial charge in [0.05, 0.1) is 12.6 Å². The molecule has 2 saturated heterocycles. The largest absolute Gasteiger partial charge is 0.393 e. The second-order valence-corrected chi connectivity index (χ2v) is 4.77. The van der Waals surface area contributed by atoms with E-state index in [1.165, 1.54) is 0 Å². The van der Waals surface area contributed by atoms with Crippen molar-refractivity contribution in [2.75, 3.05) is 26.2 Å². The standard InChI is InChI=1S/C11H17N3O4/c1-7(15)8-2-3-13(5-8)10(17)6-14-9(16)4-12-11(14)18/h7-8,15H,2-6H2,1H3,(H,12,18). The van der Waals surface area contributed by atoms with Crippen LogP contribution in [0.2, 0.25) is 0 Å². The molecule has 0 aromatic rings.